The van der Waals surface area contributed by atoms with Crippen LogP contribution in [0.25, 0.3) is 10.9 Å². The van der Waals surface area contributed by atoms with E-state index in [1.165, 1.54) is 0 Å². The number of carbonyl (C=O) groups excluding carboxylic acids is 2. The molecule has 6 nitrogen and oxygen atoms in total. The van der Waals surface area contributed by atoms with Gasteiger partial charge in [-0.05, 0) is 52.2 Å². The Balaban J connectivity index is 2.09. The first-order valence-electron chi connectivity index (χ1n) is 10.5. The molecular formula is C23H35N3O3. The van der Waals surface area contributed by atoms with Gasteiger partial charge in [0, 0.05) is 30.2 Å². The molecule has 0 aliphatic carbocycles. The van der Waals surface area contributed by atoms with Crippen molar-refractivity contribution in [2.24, 2.45) is 0 Å². The van der Waals surface area contributed by atoms with Crippen molar-refractivity contribution in [1.82, 2.24) is 15.2 Å². The Morgan fingerprint density at radius 3 is 2.31 bits per heavy atom. The Bertz CT molecular complexity index is 845. The maximum atomic E-state index is 12.9. The van der Waals surface area contributed by atoms with E-state index in [1.54, 1.807) is 0 Å². The van der Waals surface area contributed by atoms with Crippen LogP contribution >= 0.6 is 0 Å². The predicted octanol–water partition coefficient (Wildman–Crippen LogP) is 4.40. The predicted molar refractivity (Wildman–Crippen MR) is 117 cm³/mol. The first-order chi connectivity index (χ1) is 13.6. The lowest BCUT2D eigenvalue weighted by atomic mass is 9.92. The number of ether oxygens (including phenoxy) is 1. The quantitative estimate of drug-likeness (QED) is 0.688. The van der Waals surface area contributed by atoms with Gasteiger partial charge in [0.05, 0.1) is 12.0 Å². The Kier molecular flexibility index (Phi) is 7.33. The molecule has 0 spiro atoms. The van der Waals surface area contributed by atoms with E-state index in [9.17, 15) is 9.59 Å². The van der Waals surface area contributed by atoms with Crippen molar-refractivity contribution in [3.05, 3.63) is 36.0 Å². The summed E-state index contributed by atoms with van der Waals surface area (Å²) >= 11 is 0. The number of aryl methyl sites for hydroxylation is 1. The van der Waals surface area contributed by atoms with Gasteiger partial charge < -0.3 is 19.9 Å². The van der Waals surface area contributed by atoms with E-state index in [1.807, 2.05) is 46.8 Å². The molecule has 29 heavy (non-hydrogen) atoms. The fraction of sp³-hybridized carbons (Fsp3) is 0.565. The second-order valence-electron chi connectivity index (χ2n) is 8.53. The van der Waals surface area contributed by atoms with Gasteiger partial charge in [-0.15, -0.1) is 0 Å². The molecule has 1 heterocycles. The highest BCUT2D eigenvalue weighted by Crippen LogP contribution is 2.22. The van der Waals surface area contributed by atoms with Crippen molar-refractivity contribution in [3.8, 4) is 0 Å². The van der Waals surface area contributed by atoms with Gasteiger partial charge in [0.15, 0.2) is 0 Å². The van der Waals surface area contributed by atoms with Crippen molar-refractivity contribution in [1.29, 1.82) is 0 Å². The molecule has 1 aromatic heterocycles. The number of nitrogens with one attached hydrogen (secondary N) is 2. The molecule has 2 aromatic rings. The average molecular weight is 402 g/mol. The minimum Gasteiger partial charge on any atom is -0.444 e. The van der Waals surface area contributed by atoms with E-state index in [0.29, 0.717) is 25.8 Å². The van der Waals surface area contributed by atoms with Crippen LogP contribution in [0.4, 0.5) is 4.79 Å². The molecule has 1 aromatic carbocycles. The summed E-state index contributed by atoms with van der Waals surface area (Å²) in [6.07, 6.45) is 3.32. The van der Waals surface area contributed by atoms with Crippen LogP contribution in [0.15, 0.2) is 30.5 Å². The molecule has 160 valence electrons. The highest BCUT2D eigenvalue weighted by Gasteiger charge is 2.30. The first kappa shape index (κ1) is 22.8. The number of rotatable bonds is 8. The highest BCUT2D eigenvalue weighted by molar-refractivity contribution is 5.89. The number of hydrogen-bond donors (Lipinski definition) is 2. The number of fused-ring (bicyclic) bond motifs is 1. The maximum absolute atomic E-state index is 12.9. The number of amides is 2. The lowest BCUT2D eigenvalue weighted by Gasteiger charge is -2.33. The summed E-state index contributed by atoms with van der Waals surface area (Å²) in [5, 5.41) is 7.09. The molecule has 0 fully saturated rings. The van der Waals surface area contributed by atoms with E-state index < -0.39 is 17.2 Å². The van der Waals surface area contributed by atoms with E-state index >= 15 is 0 Å². The molecule has 2 N–H and O–H groups in total. The van der Waals surface area contributed by atoms with Gasteiger partial charge in [-0.1, -0.05) is 32.0 Å². The normalized spacial score (nSPS) is 12.1. The fourth-order valence-electron chi connectivity index (χ4n) is 3.51. The summed E-state index contributed by atoms with van der Waals surface area (Å²) in [6.45, 7) is 12.8. The maximum Gasteiger partial charge on any atom is 0.407 e. The third-order valence-electron chi connectivity index (χ3n) is 5.29. The molecule has 0 bridgehead atoms. The molecular weight excluding hydrogens is 366 g/mol. The Morgan fingerprint density at radius 1 is 1.07 bits per heavy atom. The zero-order chi connectivity index (χ0) is 21.7. The number of alkyl carbamates (subject to hydrolysis) is 1. The minimum atomic E-state index is -0.554. The van der Waals surface area contributed by atoms with E-state index in [4.69, 9.17) is 4.74 Å². The standard InChI is InChI=1S/C23H35N3O3/c1-7-23(8-2,16-24-21(28)29-22(4,5)6)25-20(27)14-17-15-26(9-3)19-13-11-10-12-18(17)19/h10-13,15H,7-9,14,16H2,1-6H3,(H,24,28)(H,25,27). The molecule has 0 unspecified atom stereocenters. The summed E-state index contributed by atoms with van der Waals surface area (Å²) < 4.78 is 7.48. The summed E-state index contributed by atoms with van der Waals surface area (Å²) in [7, 11) is 0. The highest BCUT2D eigenvalue weighted by atomic mass is 16.6. The first-order valence-corrected chi connectivity index (χ1v) is 10.5. The van der Waals surface area contributed by atoms with Crippen molar-refractivity contribution < 1.29 is 14.3 Å². The average Bonchev–Trinajstić information content (AvgIpc) is 3.01. The third-order valence-corrected chi connectivity index (χ3v) is 5.29. The van der Waals surface area contributed by atoms with Gasteiger partial charge in [-0.3, -0.25) is 4.79 Å². The summed E-state index contributed by atoms with van der Waals surface area (Å²) in [4.78, 5) is 24.9. The number of nitrogens with zero attached hydrogens (tertiary/aromatic N) is 1. The number of aromatic nitrogens is 1. The smallest absolute Gasteiger partial charge is 0.407 e. The lowest BCUT2D eigenvalue weighted by molar-refractivity contribution is -0.122. The summed E-state index contributed by atoms with van der Waals surface area (Å²) in [5.74, 6) is -0.0429. The van der Waals surface area contributed by atoms with Crippen molar-refractivity contribution in [3.63, 3.8) is 0 Å². The Morgan fingerprint density at radius 2 is 1.72 bits per heavy atom. The van der Waals surface area contributed by atoms with Crippen LogP contribution in [0, 0.1) is 0 Å². The molecule has 0 aliphatic heterocycles. The monoisotopic (exact) mass is 401 g/mol. The molecule has 0 saturated carbocycles. The summed E-state index contributed by atoms with van der Waals surface area (Å²) in [5.41, 5.74) is 1.10. The minimum absolute atomic E-state index is 0.0429. The second kappa shape index (κ2) is 9.33. The molecule has 0 aliphatic rings. The number of carbonyl (C=O) groups is 2. The zero-order valence-corrected chi connectivity index (χ0v) is 18.6. The number of para-hydroxylation sites is 1. The van der Waals surface area contributed by atoms with Crippen LogP contribution < -0.4 is 10.6 Å². The van der Waals surface area contributed by atoms with E-state index in [0.717, 1.165) is 23.0 Å². The van der Waals surface area contributed by atoms with Crippen LogP contribution in [0.5, 0.6) is 0 Å². The van der Waals surface area contributed by atoms with Gasteiger partial charge >= 0.3 is 6.09 Å². The zero-order valence-electron chi connectivity index (χ0n) is 18.6. The molecule has 2 rings (SSSR count). The number of hydrogen-bond acceptors (Lipinski definition) is 3. The third kappa shape index (κ3) is 5.99. The van der Waals surface area contributed by atoms with Crippen molar-refractivity contribution >= 4 is 22.9 Å². The SMILES string of the molecule is CCn1cc(CC(=O)NC(CC)(CC)CNC(=O)OC(C)(C)C)c2ccccc21. The molecule has 0 radical (unpaired) electrons. The van der Waals surface area contributed by atoms with E-state index in [-0.39, 0.29) is 5.91 Å². The molecule has 0 atom stereocenters. The van der Waals surface area contributed by atoms with Crippen LogP contribution in [0.2, 0.25) is 0 Å². The largest absolute Gasteiger partial charge is 0.444 e. The van der Waals surface area contributed by atoms with Crippen LogP contribution in [0.1, 0.15) is 59.9 Å². The van der Waals surface area contributed by atoms with E-state index in [2.05, 4.69) is 40.5 Å². The Hall–Kier alpha value is -2.50. The van der Waals surface area contributed by atoms with Gasteiger partial charge in [-0.2, -0.15) is 0 Å². The van der Waals surface area contributed by atoms with Gasteiger partial charge in [0.1, 0.15) is 5.60 Å². The van der Waals surface area contributed by atoms with Crippen LogP contribution in [-0.4, -0.2) is 34.3 Å². The van der Waals surface area contributed by atoms with Crippen molar-refractivity contribution in [2.45, 2.75) is 78.5 Å². The molecule has 6 heteroatoms. The van der Waals surface area contributed by atoms with Crippen LogP contribution in [-0.2, 0) is 22.5 Å². The van der Waals surface area contributed by atoms with Crippen LogP contribution in [0.3, 0.4) is 0 Å². The lowest BCUT2D eigenvalue weighted by Crippen LogP contribution is -2.55. The topological polar surface area (TPSA) is 72.4 Å². The van der Waals surface area contributed by atoms with Gasteiger partial charge in [0.25, 0.3) is 0 Å². The Labute approximate surface area is 174 Å². The molecule has 0 saturated heterocycles. The number of benzene rings is 1. The van der Waals surface area contributed by atoms with Gasteiger partial charge in [0.2, 0.25) is 5.91 Å². The summed E-state index contributed by atoms with van der Waals surface area (Å²) in [6, 6.07) is 8.14. The second-order valence-corrected chi connectivity index (χ2v) is 8.53. The van der Waals surface area contributed by atoms with Crippen molar-refractivity contribution in [2.75, 3.05) is 6.54 Å². The molecule has 2 amide bonds. The van der Waals surface area contributed by atoms with Gasteiger partial charge in [-0.25, -0.2) is 4.79 Å². The fourth-order valence-corrected chi connectivity index (χ4v) is 3.51.